The fraction of sp³-hybridized carbons (Fsp3) is 0.467. The first kappa shape index (κ1) is 16.1. The molecule has 1 aromatic carbocycles. The van der Waals surface area contributed by atoms with Crippen LogP contribution in [0.2, 0.25) is 10.0 Å². The monoisotopic (exact) mass is 329 g/mol. The number of benzene rings is 1. The van der Waals surface area contributed by atoms with E-state index in [9.17, 15) is 14.7 Å². The molecule has 1 saturated carbocycles. The molecule has 1 aliphatic carbocycles. The highest BCUT2D eigenvalue weighted by atomic mass is 35.5. The fourth-order valence-electron chi connectivity index (χ4n) is 2.80. The minimum atomic E-state index is -0.951. The molecule has 1 aromatic rings. The molecule has 21 heavy (non-hydrogen) atoms. The fourth-order valence-corrected chi connectivity index (χ4v) is 3.14. The average molecular weight is 330 g/mol. The van der Waals surface area contributed by atoms with Gasteiger partial charge in [0.2, 0.25) is 5.91 Å². The second kappa shape index (κ2) is 6.67. The van der Waals surface area contributed by atoms with Crippen molar-refractivity contribution in [1.29, 1.82) is 0 Å². The van der Waals surface area contributed by atoms with Crippen molar-refractivity contribution in [2.75, 3.05) is 5.32 Å². The molecule has 4 nitrogen and oxygen atoms in total. The van der Waals surface area contributed by atoms with Crippen LogP contribution in [0.3, 0.4) is 0 Å². The van der Waals surface area contributed by atoms with Gasteiger partial charge in [0.05, 0.1) is 21.1 Å². The molecule has 2 rings (SSSR count). The third-order valence-corrected chi connectivity index (χ3v) is 4.81. The Morgan fingerprint density at radius 3 is 2.48 bits per heavy atom. The minimum absolute atomic E-state index is 0.0365. The zero-order valence-corrected chi connectivity index (χ0v) is 13.0. The maximum Gasteiger partial charge on any atom is 0.310 e. The summed E-state index contributed by atoms with van der Waals surface area (Å²) in [5.41, 5.74) is -0.543. The van der Waals surface area contributed by atoms with E-state index in [1.54, 1.807) is 18.2 Å². The van der Waals surface area contributed by atoms with E-state index in [0.717, 1.165) is 19.3 Å². The number of anilines is 1. The van der Waals surface area contributed by atoms with Crippen molar-refractivity contribution >= 4 is 40.8 Å². The molecule has 6 heteroatoms. The molecule has 0 heterocycles. The summed E-state index contributed by atoms with van der Waals surface area (Å²) in [7, 11) is 0. The van der Waals surface area contributed by atoms with Crippen LogP contribution in [0, 0.1) is 5.41 Å². The molecular formula is C15H17Cl2NO3. The number of carboxylic acids is 1. The van der Waals surface area contributed by atoms with Gasteiger partial charge < -0.3 is 10.4 Å². The Balaban J connectivity index is 2.09. The number of hydrogen-bond acceptors (Lipinski definition) is 2. The van der Waals surface area contributed by atoms with Gasteiger partial charge in [0, 0.05) is 6.42 Å². The summed E-state index contributed by atoms with van der Waals surface area (Å²) < 4.78 is 0. The Morgan fingerprint density at radius 2 is 1.86 bits per heavy atom. The van der Waals surface area contributed by atoms with E-state index in [-0.39, 0.29) is 17.4 Å². The number of halogens is 2. The largest absolute Gasteiger partial charge is 0.481 e. The average Bonchev–Trinajstić information content (AvgIpc) is 2.44. The summed E-state index contributed by atoms with van der Waals surface area (Å²) in [6.45, 7) is 0. The van der Waals surface area contributed by atoms with Crippen molar-refractivity contribution in [3.63, 3.8) is 0 Å². The summed E-state index contributed by atoms with van der Waals surface area (Å²) in [5, 5.41) is 12.7. The second-order valence-electron chi connectivity index (χ2n) is 5.47. The molecule has 0 bridgehead atoms. The van der Waals surface area contributed by atoms with Gasteiger partial charge in [0.1, 0.15) is 0 Å². The number of carbonyl (C=O) groups is 2. The molecule has 0 aromatic heterocycles. The maximum absolute atomic E-state index is 12.2. The lowest BCUT2D eigenvalue weighted by molar-refractivity contribution is -0.153. The molecule has 114 valence electrons. The zero-order valence-electron chi connectivity index (χ0n) is 11.5. The van der Waals surface area contributed by atoms with Crippen LogP contribution < -0.4 is 5.32 Å². The Labute approximate surface area is 133 Å². The summed E-state index contributed by atoms with van der Waals surface area (Å²) in [5.74, 6) is -1.24. The van der Waals surface area contributed by atoms with Gasteiger partial charge in [-0.3, -0.25) is 9.59 Å². The Bertz CT molecular complexity index is 554. The van der Waals surface area contributed by atoms with Gasteiger partial charge in [-0.15, -0.1) is 0 Å². The third kappa shape index (κ3) is 3.69. The normalized spacial score (nSPS) is 17.2. The lowest BCUT2D eigenvalue weighted by Gasteiger charge is -2.32. The number of carbonyl (C=O) groups excluding carboxylic acids is 1. The van der Waals surface area contributed by atoms with Crippen LogP contribution in [0.4, 0.5) is 5.69 Å². The molecule has 1 amide bonds. The van der Waals surface area contributed by atoms with Crippen molar-refractivity contribution in [2.24, 2.45) is 5.41 Å². The number of carboxylic acid groups (broad SMARTS) is 1. The number of rotatable bonds is 4. The summed E-state index contributed by atoms with van der Waals surface area (Å²) in [6, 6.07) is 4.94. The Morgan fingerprint density at radius 1 is 1.19 bits per heavy atom. The van der Waals surface area contributed by atoms with E-state index in [0.29, 0.717) is 23.6 Å². The second-order valence-corrected chi connectivity index (χ2v) is 6.26. The van der Waals surface area contributed by atoms with Gasteiger partial charge in [-0.2, -0.15) is 0 Å². The van der Waals surface area contributed by atoms with Crippen LogP contribution in [-0.4, -0.2) is 17.0 Å². The van der Waals surface area contributed by atoms with E-state index in [2.05, 4.69) is 5.32 Å². The first-order chi connectivity index (χ1) is 9.94. The maximum atomic E-state index is 12.2. The van der Waals surface area contributed by atoms with Crippen LogP contribution in [0.1, 0.15) is 38.5 Å². The first-order valence-electron chi connectivity index (χ1n) is 6.92. The van der Waals surface area contributed by atoms with E-state index in [1.807, 2.05) is 0 Å². The van der Waals surface area contributed by atoms with E-state index >= 15 is 0 Å². The van der Waals surface area contributed by atoms with E-state index < -0.39 is 11.4 Å². The van der Waals surface area contributed by atoms with Crippen molar-refractivity contribution in [1.82, 2.24) is 0 Å². The molecule has 2 N–H and O–H groups in total. The van der Waals surface area contributed by atoms with Gasteiger partial charge in [0.15, 0.2) is 0 Å². The zero-order chi connectivity index (χ0) is 15.5. The lowest BCUT2D eigenvalue weighted by Crippen LogP contribution is -2.37. The van der Waals surface area contributed by atoms with Gasteiger partial charge in [-0.25, -0.2) is 0 Å². The molecule has 0 unspecified atom stereocenters. The molecule has 0 atom stereocenters. The van der Waals surface area contributed by atoms with Gasteiger partial charge in [-0.05, 0) is 25.0 Å². The predicted octanol–water partition coefficient (Wildman–Crippen LogP) is 4.36. The van der Waals surface area contributed by atoms with Gasteiger partial charge in [0.25, 0.3) is 0 Å². The molecular weight excluding hydrogens is 313 g/mol. The molecule has 0 spiro atoms. The van der Waals surface area contributed by atoms with Crippen LogP contribution in [0.15, 0.2) is 18.2 Å². The Hall–Kier alpha value is -1.26. The number of hydrogen-bond donors (Lipinski definition) is 2. The van der Waals surface area contributed by atoms with E-state index in [4.69, 9.17) is 23.2 Å². The van der Waals surface area contributed by atoms with Crippen molar-refractivity contribution in [3.8, 4) is 0 Å². The lowest BCUT2D eigenvalue weighted by atomic mass is 9.71. The van der Waals surface area contributed by atoms with Crippen LogP contribution in [0.5, 0.6) is 0 Å². The summed E-state index contributed by atoms with van der Waals surface area (Å²) in [4.78, 5) is 23.7. The minimum Gasteiger partial charge on any atom is -0.481 e. The highest BCUT2D eigenvalue weighted by molar-refractivity contribution is 6.43. The smallest absolute Gasteiger partial charge is 0.310 e. The molecule has 1 aliphatic rings. The molecule has 0 aliphatic heterocycles. The number of aliphatic carboxylic acids is 1. The van der Waals surface area contributed by atoms with Crippen molar-refractivity contribution in [3.05, 3.63) is 28.2 Å². The van der Waals surface area contributed by atoms with E-state index in [1.165, 1.54) is 0 Å². The quantitative estimate of drug-likeness (QED) is 0.862. The van der Waals surface area contributed by atoms with Gasteiger partial charge in [-0.1, -0.05) is 48.5 Å². The predicted molar refractivity (Wildman–Crippen MR) is 82.9 cm³/mol. The number of amides is 1. The third-order valence-electron chi connectivity index (χ3n) is 3.99. The highest BCUT2D eigenvalue weighted by Gasteiger charge is 2.41. The summed E-state index contributed by atoms with van der Waals surface area (Å²) >= 11 is 11.9. The van der Waals surface area contributed by atoms with Crippen LogP contribution in [-0.2, 0) is 9.59 Å². The number of nitrogens with one attached hydrogen (secondary N) is 1. The standard InChI is InChI=1S/C15H17Cl2NO3/c16-10-5-4-6-11(13(10)17)18-12(19)9-15(14(20)21)7-2-1-3-8-15/h4-6H,1-3,7-9H2,(H,18,19)(H,20,21). The molecule has 0 saturated heterocycles. The summed E-state index contributed by atoms with van der Waals surface area (Å²) in [6.07, 6.45) is 3.76. The Kier molecular flexibility index (Phi) is 5.12. The van der Waals surface area contributed by atoms with Crippen LogP contribution >= 0.6 is 23.2 Å². The van der Waals surface area contributed by atoms with Crippen molar-refractivity contribution in [2.45, 2.75) is 38.5 Å². The topological polar surface area (TPSA) is 66.4 Å². The highest BCUT2D eigenvalue weighted by Crippen LogP contribution is 2.40. The van der Waals surface area contributed by atoms with Gasteiger partial charge >= 0.3 is 5.97 Å². The molecule has 0 radical (unpaired) electrons. The first-order valence-corrected chi connectivity index (χ1v) is 7.67. The molecule has 1 fully saturated rings. The van der Waals surface area contributed by atoms with Crippen LogP contribution in [0.25, 0.3) is 0 Å². The van der Waals surface area contributed by atoms with Crippen molar-refractivity contribution < 1.29 is 14.7 Å². The SMILES string of the molecule is O=C(CC1(C(=O)O)CCCCC1)Nc1cccc(Cl)c1Cl.